The van der Waals surface area contributed by atoms with Gasteiger partial charge < -0.3 is 10.6 Å². The Bertz CT molecular complexity index is 545. The predicted molar refractivity (Wildman–Crippen MR) is 75.9 cm³/mol. The zero-order valence-electron chi connectivity index (χ0n) is 9.74. The van der Waals surface area contributed by atoms with Gasteiger partial charge in [0.1, 0.15) is 18.0 Å². The van der Waals surface area contributed by atoms with Gasteiger partial charge in [-0.2, -0.15) is 0 Å². The summed E-state index contributed by atoms with van der Waals surface area (Å²) in [6, 6.07) is 7.20. The van der Waals surface area contributed by atoms with E-state index in [4.69, 9.17) is 23.2 Å². The van der Waals surface area contributed by atoms with Crippen LogP contribution in [0.1, 0.15) is 6.92 Å². The average Bonchev–Trinajstić information content (AvgIpc) is 2.36. The SMILES string of the molecule is CCNc1cc(Nc2cccc(Cl)c2Cl)ncn1. The molecule has 1 aromatic heterocycles. The van der Waals surface area contributed by atoms with E-state index in [0.29, 0.717) is 21.6 Å². The van der Waals surface area contributed by atoms with E-state index >= 15 is 0 Å². The number of nitrogens with zero attached hydrogens (tertiary/aromatic N) is 2. The standard InChI is InChI=1S/C12H12Cl2N4/c1-2-15-10-6-11(17-7-16-10)18-9-5-3-4-8(13)12(9)14/h3-7H,2H2,1H3,(H2,15,16,17,18). The third-order valence-corrected chi connectivity index (χ3v) is 3.06. The van der Waals surface area contributed by atoms with Gasteiger partial charge in [0.05, 0.1) is 15.7 Å². The summed E-state index contributed by atoms with van der Waals surface area (Å²) in [5, 5.41) is 7.19. The highest BCUT2D eigenvalue weighted by atomic mass is 35.5. The number of nitrogens with one attached hydrogen (secondary N) is 2. The van der Waals surface area contributed by atoms with E-state index in [-0.39, 0.29) is 0 Å². The first-order valence-electron chi connectivity index (χ1n) is 5.47. The van der Waals surface area contributed by atoms with Crippen molar-refractivity contribution in [2.45, 2.75) is 6.92 Å². The maximum Gasteiger partial charge on any atom is 0.135 e. The Balaban J connectivity index is 2.23. The second-order valence-corrected chi connectivity index (χ2v) is 4.33. The molecule has 0 aliphatic carbocycles. The van der Waals surface area contributed by atoms with Crippen molar-refractivity contribution in [2.75, 3.05) is 17.2 Å². The molecule has 0 unspecified atom stereocenters. The lowest BCUT2D eigenvalue weighted by atomic mass is 10.3. The molecule has 0 spiro atoms. The predicted octanol–water partition coefficient (Wildman–Crippen LogP) is 3.96. The topological polar surface area (TPSA) is 49.8 Å². The molecule has 0 bridgehead atoms. The summed E-state index contributed by atoms with van der Waals surface area (Å²) in [5.74, 6) is 1.42. The maximum atomic E-state index is 6.09. The van der Waals surface area contributed by atoms with Gasteiger partial charge in [-0.05, 0) is 19.1 Å². The quantitative estimate of drug-likeness (QED) is 0.891. The number of rotatable bonds is 4. The highest BCUT2D eigenvalue weighted by molar-refractivity contribution is 6.43. The van der Waals surface area contributed by atoms with Crippen LogP contribution >= 0.6 is 23.2 Å². The van der Waals surface area contributed by atoms with Crippen LogP contribution in [-0.4, -0.2) is 16.5 Å². The smallest absolute Gasteiger partial charge is 0.135 e. The third-order valence-electron chi connectivity index (χ3n) is 2.24. The van der Waals surface area contributed by atoms with Crippen molar-refractivity contribution in [2.24, 2.45) is 0 Å². The molecule has 0 aliphatic heterocycles. The van der Waals surface area contributed by atoms with Gasteiger partial charge in [0.15, 0.2) is 0 Å². The zero-order valence-corrected chi connectivity index (χ0v) is 11.3. The first kappa shape index (κ1) is 12.9. The normalized spacial score (nSPS) is 10.2. The number of aromatic nitrogens is 2. The van der Waals surface area contributed by atoms with Gasteiger partial charge in [-0.25, -0.2) is 9.97 Å². The summed E-state index contributed by atoms with van der Waals surface area (Å²) in [4.78, 5) is 8.21. The molecule has 6 heteroatoms. The largest absolute Gasteiger partial charge is 0.370 e. The minimum absolute atomic E-state index is 0.475. The van der Waals surface area contributed by atoms with Gasteiger partial charge >= 0.3 is 0 Å². The van der Waals surface area contributed by atoms with Crippen molar-refractivity contribution in [3.8, 4) is 0 Å². The molecule has 0 radical (unpaired) electrons. The number of hydrogen-bond donors (Lipinski definition) is 2. The van der Waals surface area contributed by atoms with Crippen LogP contribution in [0.15, 0.2) is 30.6 Å². The van der Waals surface area contributed by atoms with Crippen molar-refractivity contribution in [1.29, 1.82) is 0 Å². The van der Waals surface area contributed by atoms with Gasteiger partial charge in [-0.15, -0.1) is 0 Å². The van der Waals surface area contributed by atoms with Gasteiger partial charge in [0, 0.05) is 12.6 Å². The first-order chi connectivity index (χ1) is 8.70. The van der Waals surface area contributed by atoms with Gasteiger partial charge in [-0.3, -0.25) is 0 Å². The molecule has 0 fully saturated rings. The van der Waals surface area contributed by atoms with Gasteiger partial charge in [-0.1, -0.05) is 29.3 Å². The summed E-state index contributed by atoms with van der Waals surface area (Å²) in [6.07, 6.45) is 1.48. The fraction of sp³-hybridized carbons (Fsp3) is 0.167. The molecule has 18 heavy (non-hydrogen) atoms. The van der Waals surface area contributed by atoms with Crippen LogP contribution in [0.5, 0.6) is 0 Å². The summed E-state index contributed by atoms with van der Waals surface area (Å²) >= 11 is 12.0. The van der Waals surface area contributed by atoms with E-state index in [1.165, 1.54) is 6.33 Å². The monoisotopic (exact) mass is 282 g/mol. The van der Waals surface area contributed by atoms with Crippen LogP contribution in [0.4, 0.5) is 17.3 Å². The van der Waals surface area contributed by atoms with Crippen molar-refractivity contribution in [3.63, 3.8) is 0 Å². The number of halogens is 2. The van der Waals surface area contributed by atoms with E-state index in [2.05, 4.69) is 20.6 Å². The van der Waals surface area contributed by atoms with Crippen molar-refractivity contribution >= 4 is 40.5 Å². The Kier molecular flexibility index (Phi) is 4.23. The number of hydrogen-bond acceptors (Lipinski definition) is 4. The van der Waals surface area contributed by atoms with Crippen LogP contribution in [0, 0.1) is 0 Å². The molecule has 2 N–H and O–H groups in total. The van der Waals surface area contributed by atoms with Crippen molar-refractivity contribution in [1.82, 2.24) is 9.97 Å². The van der Waals surface area contributed by atoms with Gasteiger partial charge in [0.2, 0.25) is 0 Å². The molecule has 94 valence electrons. The molecule has 0 atom stereocenters. The van der Waals surface area contributed by atoms with E-state index < -0.39 is 0 Å². The Morgan fingerprint density at radius 1 is 1.17 bits per heavy atom. The molecule has 0 amide bonds. The second-order valence-electron chi connectivity index (χ2n) is 3.55. The fourth-order valence-electron chi connectivity index (χ4n) is 1.44. The van der Waals surface area contributed by atoms with Crippen molar-refractivity contribution < 1.29 is 0 Å². The number of benzene rings is 1. The zero-order chi connectivity index (χ0) is 13.0. The van der Waals surface area contributed by atoms with Crippen LogP contribution in [-0.2, 0) is 0 Å². The minimum atomic E-state index is 0.475. The summed E-state index contributed by atoms with van der Waals surface area (Å²) in [6.45, 7) is 2.80. The molecule has 1 aromatic carbocycles. The molecule has 0 aliphatic rings. The van der Waals surface area contributed by atoms with Crippen LogP contribution in [0.3, 0.4) is 0 Å². The maximum absolute atomic E-state index is 6.09. The molecule has 0 saturated carbocycles. The molecular weight excluding hydrogens is 271 g/mol. The minimum Gasteiger partial charge on any atom is -0.370 e. The molecule has 4 nitrogen and oxygen atoms in total. The molecule has 2 rings (SSSR count). The van der Waals surface area contributed by atoms with Crippen molar-refractivity contribution in [3.05, 3.63) is 40.6 Å². The van der Waals surface area contributed by atoms with E-state index in [1.54, 1.807) is 12.1 Å². The van der Waals surface area contributed by atoms with E-state index in [9.17, 15) is 0 Å². The van der Waals surface area contributed by atoms with Gasteiger partial charge in [0.25, 0.3) is 0 Å². The summed E-state index contributed by atoms with van der Waals surface area (Å²) < 4.78 is 0. The van der Waals surface area contributed by atoms with Crippen LogP contribution in [0.25, 0.3) is 0 Å². The second kappa shape index (κ2) is 5.89. The Morgan fingerprint density at radius 2 is 1.94 bits per heavy atom. The highest BCUT2D eigenvalue weighted by Gasteiger charge is 2.05. The van der Waals surface area contributed by atoms with Crippen LogP contribution < -0.4 is 10.6 Å². The van der Waals surface area contributed by atoms with Crippen LogP contribution in [0.2, 0.25) is 10.0 Å². The summed E-state index contributed by atoms with van der Waals surface area (Å²) in [7, 11) is 0. The lowest BCUT2D eigenvalue weighted by molar-refractivity contribution is 1.11. The number of anilines is 3. The molecule has 2 aromatic rings. The highest BCUT2D eigenvalue weighted by Crippen LogP contribution is 2.31. The molecule has 1 heterocycles. The van der Waals surface area contributed by atoms with E-state index in [1.807, 2.05) is 19.1 Å². The lowest BCUT2D eigenvalue weighted by Gasteiger charge is -2.09. The lowest BCUT2D eigenvalue weighted by Crippen LogP contribution is -2.01. The molecule has 0 saturated heterocycles. The summed E-state index contributed by atoms with van der Waals surface area (Å²) in [5.41, 5.74) is 0.713. The third kappa shape index (κ3) is 3.03. The molecular formula is C12H12Cl2N4. The Labute approximate surface area is 115 Å². The first-order valence-corrected chi connectivity index (χ1v) is 6.23. The van der Waals surface area contributed by atoms with E-state index in [0.717, 1.165) is 12.4 Å². The average molecular weight is 283 g/mol. The Morgan fingerprint density at radius 3 is 2.72 bits per heavy atom. The fourth-order valence-corrected chi connectivity index (χ4v) is 1.79. The Hall–Kier alpha value is -1.52.